The minimum atomic E-state index is -0.0377. The highest BCUT2D eigenvalue weighted by molar-refractivity contribution is 5.82. The minimum absolute atomic E-state index is 0.0377. The molecule has 124 valence electrons. The summed E-state index contributed by atoms with van der Waals surface area (Å²) in [6.45, 7) is 0.939. The van der Waals surface area contributed by atoms with E-state index in [0.717, 1.165) is 19.4 Å². The Bertz CT molecular complexity index is 597. The normalized spacial score (nSPS) is 30.4. The van der Waals surface area contributed by atoms with Gasteiger partial charge in [-0.05, 0) is 24.5 Å². The van der Waals surface area contributed by atoms with E-state index in [2.05, 4.69) is 36.2 Å². The first kappa shape index (κ1) is 15.0. The second-order valence-electron chi connectivity index (χ2n) is 7.36. The van der Waals surface area contributed by atoms with Crippen molar-refractivity contribution in [1.29, 1.82) is 0 Å². The van der Waals surface area contributed by atoms with Gasteiger partial charge in [0, 0.05) is 31.1 Å². The Labute approximate surface area is 138 Å². The molecule has 1 aliphatic carbocycles. The lowest BCUT2D eigenvalue weighted by Gasteiger charge is -2.59. The quantitative estimate of drug-likeness (QED) is 0.911. The Morgan fingerprint density at radius 1 is 1.22 bits per heavy atom. The number of rotatable bonds is 2. The molecule has 4 heteroatoms. The van der Waals surface area contributed by atoms with Crippen LogP contribution in [-0.2, 0) is 4.79 Å². The van der Waals surface area contributed by atoms with Gasteiger partial charge in [0.15, 0.2) is 0 Å². The highest BCUT2D eigenvalue weighted by atomic mass is 16.3. The summed E-state index contributed by atoms with van der Waals surface area (Å²) in [5.74, 6) is 0.763. The molecular weight excluding hydrogens is 288 g/mol. The van der Waals surface area contributed by atoms with Crippen LogP contribution < -0.4 is 4.90 Å². The number of carbonyl (C=O) groups excluding carboxylic acids is 1. The Morgan fingerprint density at radius 3 is 2.70 bits per heavy atom. The number of carbonyl (C=O) groups is 1. The number of anilines is 1. The van der Waals surface area contributed by atoms with Gasteiger partial charge in [0.25, 0.3) is 0 Å². The van der Waals surface area contributed by atoms with Crippen LogP contribution in [0.15, 0.2) is 24.3 Å². The van der Waals surface area contributed by atoms with E-state index >= 15 is 0 Å². The number of aliphatic hydroxyl groups is 1. The van der Waals surface area contributed by atoms with Gasteiger partial charge in [-0.25, -0.2) is 0 Å². The van der Waals surface area contributed by atoms with Gasteiger partial charge in [-0.3, -0.25) is 4.79 Å². The monoisotopic (exact) mass is 314 g/mol. The fraction of sp³-hybridized carbons (Fsp3) is 0.632. The van der Waals surface area contributed by atoms with Gasteiger partial charge in [0.05, 0.1) is 18.7 Å². The molecule has 1 aromatic rings. The molecule has 2 fully saturated rings. The Kier molecular flexibility index (Phi) is 3.80. The van der Waals surface area contributed by atoms with Crippen LogP contribution in [0.1, 0.15) is 43.6 Å². The minimum Gasteiger partial charge on any atom is -0.394 e. The number of benzene rings is 1. The van der Waals surface area contributed by atoms with Gasteiger partial charge in [-0.15, -0.1) is 0 Å². The molecule has 2 aliphatic heterocycles. The zero-order valence-electron chi connectivity index (χ0n) is 13.8. The van der Waals surface area contributed by atoms with E-state index in [1.54, 1.807) is 0 Å². The van der Waals surface area contributed by atoms with Crippen molar-refractivity contribution in [3.05, 3.63) is 29.8 Å². The van der Waals surface area contributed by atoms with E-state index in [9.17, 15) is 9.90 Å². The molecule has 1 amide bonds. The van der Waals surface area contributed by atoms with Crippen LogP contribution in [0.5, 0.6) is 0 Å². The summed E-state index contributed by atoms with van der Waals surface area (Å²) in [6.07, 6.45) is 5.65. The topological polar surface area (TPSA) is 43.8 Å². The summed E-state index contributed by atoms with van der Waals surface area (Å²) in [5.41, 5.74) is 2.54. The molecule has 4 nitrogen and oxygen atoms in total. The number of hydrogen-bond acceptors (Lipinski definition) is 3. The van der Waals surface area contributed by atoms with Gasteiger partial charge in [0.1, 0.15) is 0 Å². The lowest BCUT2D eigenvalue weighted by atomic mass is 9.71. The molecule has 3 atom stereocenters. The molecule has 0 unspecified atom stereocenters. The van der Waals surface area contributed by atoms with Crippen LogP contribution >= 0.6 is 0 Å². The van der Waals surface area contributed by atoms with Crippen molar-refractivity contribution < 1.29 is 9.90 Å². The number of likely N-dealkylation sites (N-methyl/N-ethyl adjacent to an activating group) is 1. The molecule has 1 aromatic carbocycles. The lowest BCUT2D eigenvalue weighted by Crippen LogP contribution is -2.70. The highest BCUT2D eigenvalue weighted by Crippen LogP contribution is 2.48. The molecule has 0 aromatic heterocycles. The van der Waals surface area contributed by atoms with Gasteiger partial charge >= 0.3 is 0 Å². The third kappa shape index (κ3) is 2.26. The van der Waals surface area contributed by atoms with Crippen molar-refractivity contribution in [3.63, 3.8) is 0 Å². The zero-order valence-corrected chi connectivity index (χ0v) is 13.8. The number of fused-ring (bicyclic) bond motifs is 3. The van der Waals surface area contributed by atoms with Crippen LogP contribution in [-0.4, -0.2) is 48.2 Å². The summed E-state index contributed by atoms with van der Waals surface area (Å²) >= 11 is 0. The van der Waals surface area contributed by atoms with E-state index in [0.29, 0.717) is 5.92 Å². The van der Waals surface area contributed by atoms with Crippen molar-refractivity contribution in [2.75, 3.05) is 25.1 Å². The summed E-state index contributed by atoms with van der Waals surface area (Å²) in [6, 6.07) is 8.62. The molecule has 0 radical (unpaired) electrons. The maximum atomic E-state index is 13.0. The van der Waals surface area contributed by atoms with Crippen molar-refractivity contribution in [1.82, 2.24) is 4.90 Å². The predicted molar refractivity (Wildman–Crippen MR) is 90.5 cm³/mol. The van der Waals surface area contributed by atoms with Crippen LogP contribution in [0.4, 0.5) is 5.69 Å². The molecule has 1 saturated heterocycles. The largest absolute Gasteiger partial charge is 0.394 e. The lowest BCUT2D eigenvalue weighted by molar-refractivity contribution is -0.156. The molecular formula is C19H26N2O2. The predicted octanol–water partition coefficient (Wildman–Crippen LogP) is 2.37. The first-order valence-electron chi connectivity index (χ1n) is 8.95. The fourth-order valence-corrected chi connectivity index (χ4v) is 4.95. The third-order valence-electron chi connectivity index (χ3n) is 6.11. The fourth-order valence-electron chi connectivity index (χ4n) is 4.95. The van der Waals surface area contributed by atoms with Crippen molar-refractivity contribution in [3.8, 4) is 0 Å². The molecule has 23 heavy (non-hydrogen) atoms. The van der Waals surface area contributed by atoms with Crippen molar-refractivity contribution >= 4 is 11.6 Å². The number of amides is 1. The highest BCUT2D eigenvalue weighted by Gasteiger charge is 2.54. The van der Waals surface area contributed by atoms with E-state index < -0.39 is 0 Å². The summed E-state index contributed by atoms with van der Waals surface area (Å²) in [7, 11) is 2.10. The first-order chi connectivity index (χ1) is 11.2. The van der Waals surface area contributed by atoms with Crippen LogP contribution in [0.2, 0.25) is 0 Å². The molecule has 2 heterocycles. The summed E-state index contributed by atoms with van der Waals surface area (Å²) in [4.78, 5) is 17.3. The number of likely N-dealkylation sites (tertiary alicyclic amines) is 1. The second-order valence-corrected chi connectivity index (χ2v) is 7.36. The first-order valence-corrected chi connectivity index (χ1v) is 8.95. The molecule has 0 spiro atoms. The Hall–Kier alpha value is -1.55. The van der Waals surface area contributed by atoms with Crippen LogP contribution in [0.25, 0.3) is 0 Å². The van der Waals surface area contributed by atoms with Crippen LogP contribution in [0.3, 0.4) is 0 Å². The molecule has 1 N–H and O–H groups in total. The zero-order chi connectivity index (χ0) is 16.0. The Morgan fingerprint density at radius 2 is 1.96 bits per heavy atom. The number of aliphatic hydroxyl groups excluding tert-OH is 1. The molecule has 3 aliphatic rings. The van der Waals surface area contributed by atoms with E-state index in [1.807, 2.05) is 4.90 Å². The van der Waals surface area contributed by atoms with Gasteiger partial charge in [-0.2, -0.15) is 0 Å². The van der Waals surface area contributed by atoms with Crippen LogP contribution in [0, 0.1) is 5.92 Å². The van der Waals surface area contributed by atoms with Gasteiger partial charge < -0.3 is 14.9 Å². The average Bonchev–Trinajstić information content (AvgIpc) is 2.58. The van der Waals surface area contributed by atoms with Gasteiger partial charge in [0.2, 0.25) is 5.91 Å². The summed E-state index contributed by atoms with van der Waals surface area (Å²) < 4.78 is 0. The second kappa shape index (κ2) is 5.82. The average molecular weight is 314 g/mol. The van der Waals surface area contributed by atoms with E-state index in [1.165, 1.54) is 30.5 Å². The third-order valence-corrected chi connectivity index (χ3v) is 6.11. The standard InChI is InChI=1S/C19H26N2O2/c1-20-11-16-18(14-9-5-6-10-15(14)20)17(12-22)21(16)19(23)13-7-3-2-4-8-13/h5-6,9-10,13,16-18,22H,2-4,7-8,11-12H2,1H3/t16-,17+,18+/m0/s1. The molecule has 1 saturated carbocycles. The van der Waals surface area contributed by atoms with Crippen molar-refractivity contribution in [2.24, 2.45) is 5.92 Å². The van der Waals surface area contributed by atoms with E-state index in [-0.39, 0.29) is 30.5 Å². The SMILES string of the molecule is CN1C[C@H]2[C@@H](c3ccccc31)[C@@H](CO)N2C(=O)C1CCCCC1. The maximum Gasteiger partial charge on any atom is 0.226 e. The number of para-hydroxylation sites is 1. The maximum absolute atomic E-state index is 13.0. The Balaban J connectivity index is 1.61. The smallest absolute Gasteiger partial charge is 0.226 e. The number of nitrogens with zero attached hydrogens (tertiary/aromatic N) is 2. The van der Waals surface area contributed by atoms with Gasteiger partial charge in [-0.1, -0.05) is 37.5 Å². The molecule has 0 bridgehead atoms. The van der Waals surface area contributed by atoms with Crippen molar-refractivity contribution in [2.45, 2.75) is 50.1 Å². The summed E-state index contributed by atoms with van der Waals surface area (Å²) in [5, 5.41) is 9.93. The number of hydrogen-bond donors (Lipinski definition) is 1. The molecule has 4 rings (SSSR count). The van der Waals surface area contributed by atoms with E-state index in [4.69, 9.17) is 0 Å².